The molecule has 1 N–H and O–H groups in total. The van der Waals surface area contributed by atoms with E-state index < -0.39 is 6.10 Å². The Balaban J connectivity index is 1.79. The fraction of sp³-hybridized carbons (Fsp3) is 0.647. The molecule has 0 amide bonds. The molecular formula is C17H25Cl2NO. The lowest BCUT2D eigenvalue weighted by molar-refractivity contribution is 0.121. The molecule has 1 atom stereocenters. The topological polar surface area (TPSA) is 23.5 Å². The Morgan fingerprint density at radius 2 is 2.00 bits per heavy atom. The number of likely N-dealkylation sites (tertiary alicyclic amines) is 1. The van der Waals surface area contributed by atoms with E-state index in [1.54, 1.807) is 6.07 Å². The highest BCUT2D eigenvalue weighted by Gasteiger charge is 2.20. The van der Waals surface area contributed by atoms with Crippen molar-refractivity contribution in [2.45, 2.75) is 45.1 Å². The first-order valence-corrected chi connectivity index (χ1v) is 8.71. The van der Waals surface area contributed by atoms with Crippen LogP contribution in [0.4, 0.5) is 0 Å². The maximum absolute atomic E-state index is 10.3. The van der Waals surface area contributed by atoms with E-state index in [0.717, 1.165) is 31.1 Å². The van der Waals surface area contributed by atoms with Gasteiger partial charge in [0, 0.05) is 12.1 Å². The summed E-state index contributed by atoms with van der Waals surface area (Å²) < 4.78 is 0. The third-order valence-corrected chi connectivity index (χ3v) is 5.30. The number of rotatable bonds is 6. The number of aliphatic hydroxyl groups excluding tert-OH is 1. The summed E-state index contributed by atoms with van der Waals surface area (Å²) in [4.78, 5) is 2.45. The van der Waals surface area contributed by atoms with Gasteiger partial charge in [0.15, 0.2) is 0 Å². The van der Waals surface area contributed by atoms with Gasteiger partial charge in [-0.25, -0.2) is 0 Å². The molecule has 0 spiro atoms. The van der Waals surface area contributed by atoms with Gasteiger partial charge in [0.05, 0.1) is 16.1 Å². The number of piperidine rings is 1. The fourth-order valence-electron chi connectivity index (χ4n) is 3.15. The van der Waals surface area contributed by atoms with Gasteiger partial charge in [-0.15, -0.1) is 0 Å². The van der Waals surface area contributed by atoms with Gasteiger partial charge in [-0.1, -0.05) is 55.1 Å². The number of halogens is 2. The van der Waals surface area contributed by atoms with Crippen LogP contribution < -0.4 is 0 Å². The normalized spacial score (nSPS) is 18.9. The van der Waals surface area contributed by atoms with Crippen LogP contribution in [-0.2, 0) is 0 Å². The van der Waals surface area contributed by atoms with Crippen LogP contribution in [0.2, 0.25) is 10.0 Å². The van der Waals surface area contributed by atoms with Gasteiger partial charge in [-0.3, -0.25) is 0 Å². The van der Waals surface area contributed by atoms with Gasteiger partial charge in [0.25, 0.3) is 0 Å². The molecule has 1 fully saturated rings. The van der Waals surface area contributed by atoms with Crippen molar-refractivity contribution in [1.82, 2.24) is 4.90 Å². The van der Waals surface area contributed by atoms with E-state index >= 15 is 0 Å². The molecule has 1 saturated heterocycles. The smallest absolute Gasteiger partial charge is 0.0817 e. The van der Waals surface area contributed by atoms with Gasteiger partial charge in [-0.2, -0.15) is 0 Å². The second kappa shape index (κ2) is 8.38. The lowest BCUT2D eigenvalue weighted by Crippen LogP contribution is -2.34. The summed E-state index contributed by atoms with van der Waals surface area (Å²) >= 11 is 12.2. The Morgan fingerprint density at radius 1 is 1.29 bits per heavy atom. The minimum absolute atomic E-state index is 0.480. The van der Waals surface area contributed by atoms with Crippen molar-refractivity contribution in [3.63, 3.8) is 0 Å². The first-order chi connectivity index (χ1) is 10.1. The summed E-state index contributed by atoms with van der Waals surface area (Å²) in [6.45, 7) is 5.49. The summed E-state index contributed by atoms with van der Waals surface area (Å²) in [6.07, 6.45) is 5.40. The minimum atomic E-state index is -0.537. The van der Waals surface area contributed by atoms with Crippen LogP contribution in [0.25, 0.3) is 0 Å². The zero-order valence-corrected chi connectivity index (χ0v) is 14.2. The van der Waals surface area contributed by atoms with E-state index in [1.165, 1.54) is 25.7 Å². The van der Waals surface area contributed by atoms with E-state index in [4.69, 9.17) is 23.2 Å². The van der Waals surface area contributed by atoms with Crippen LogP contribution in [0.3, 0.4) is 0 Å². The monoisotopic (exact) mass is 329 g/mol. The van der Waals surface area contributed by atoms with Gasteiger partial charge in [0.1, 0.15) is 0 Å². The van der Waals surface area contributed by atoms with Crippen molar-refractivity contribution >= 4 is 23.2 Å². The Morgan fingerprint density at radius 3 is 2.67 bits per heavy atom. The molecule has 1 aliphatic heterocycles. The molecule has 0 aromatic heterocycles. The molecule has 0 radical (unpaired) electrons. The van der Waals surface area contributed by atoms with Crippen LogP contribution in [0.15, 0.2) is 18.2 Å². The third kappa shape index (κ3) is 4.85. The maximum Gasteiger partial charge on any atom is 0.0817 e. The van der Waals surface area contributed by atoms with Crippen molar-refractivity contribution in [1.29, 1.82) is 0 Å². The lowest BCUT2D eigenvalue weighted by atomic mass is 9.92. The molecule has 1 heterocycles. The van der Waals surface area contributed by atoms with Gasteiger partial charge in [0.2, 0.25) is 0 Å². The summed E-state index contributed by atoms with van der Waals surface area (Å²) in [6, 6.07) is 5.44. The lowest BCUT2D eigenvalue weighted by Gasteiger charge is -2.32. The van der Waals surface area contributed by atoms with Crippen molar-refractivity contribution < 1.29 is 5.11 Å². The molecule has 2 rings (SSSR count). The number of hydrogen-bond donors (Lipinski definition) is 1. The molecule has 4 heteroatoms. The first-order valence-electron chi connectivity index (χ1n) is 7.96. The fourth-order valence-corrected chi connectivity index (χ4v) is 3.58. The highest BCUT2D eigenvalue weighted by Crippen LogP contribution is 2.31. The number of aliphatic hydroxyl groups is 1. The molecule has 118 valence electrons. The van der Waals surface area contributed by atoms with Crippen molar-refractivity contribution in [3.8, 4) is 0 Å². The van der Waals surface area contributed by atoms with E-state index in [2.05, 4.69) is 11.8 Å². The second-order valence-electron chi connectivity index (χ2n) is 6.02. The van der Waals surface area contributed by atoms with Crippen LogP contribution in [-0.4, -0.2) is 29.6 Å². The highest BCUT2D eigenvalue weighted by molar-refractivity contribution is 6.42. The molecule has 1 aliphatic rings. The molecule has 1 unspecified atom stereocenters. The maximum atomic E-state index is 10.3. The largest absolute Gasteiger partial charge is 0.388 e. The standard InChI is InChI=1S/C17H25Cl2NO/c1-2-4-13-7-10-20(11-8-13)12-9-16(21)14-5-3-6-15(18)17(14)19/h3,5-6,13,16,21H,2,4,7-12H2,1H3. The van der Waals surface area contributed by atoms with Crippen molar-refractivity contribution in [3.05, 3.63) is 33.8 Å². The van der Waals surface area contributed by atoms with E-state index in [1.807, 2.05) is 12.1 Å². The zero-order chi connectivity index (χ0) is 15.2. The number of hydrogen-bond acceptors (Lipinski definition) is 2. The van der Waals surface area contributed by atoms with E-state index in [0.29, 0.717) is 16.5 Å². The average molecular weight is 330 g/mol. The Labute approximate surface area is 138 Å². The average Bonchev–Trinajstić information content (AvgIpc) is 2.49. The summed E-state index contributed by atoms with van der Waals surface area (Å²) in [5.74, 6) is 0.901. The second-order valence-corrected chi connectivity index (χ2v) is 6.81. The van der Waals surface area contributed by atoms with E-state index in [-0.39, 0.29) is 0 Å². The molecular weight excluding hydrogens is 305 g/mol. The molecule has 0 saturated carbocycles. The van der Waals surface area contributed by atoms with Crippen molar-refractivity contribution in [2.24, 2.45) is 5.92 Å². The first kappa shape index (κ1) is 17.1. The van der Waals surface area contributed by atoms with Crippen LogP contribution in [0.1, 0.15) is 50.7 Å². The minimum Gasteiger partial charge on any atom is -0.388 e. The summed E-state index contributed by atoms with van der Waals surface area (Å²) in [5, 5.41) is 11.3. The van der Waals surface area contributed by atoms with Gasteiger partial charge in [-0.05, 0) is 44.3 Å². The quantitative estimate of drug-likeness (QED) is 0.799. The molecule has 0 aliphatic carbocycles. The predicted octanol–water partition coefficient (Wildman–Crippen LogP) is 4.93. The molecule has 2 nitrogen and oxygen atoms in total. The van der Waals surface area contributed by atoms with Crippen LogP contribution in [0.5, 0.6) is 0 Å². The third-order valence-electron chi connectivity index (χ3n) is 4.46. The molecule has 1 aromatic rings. The SMILES string of the molecule is CCCC1CCN(CCC(O)c2cccc(Cl)c2Cl)CC1. The number of benzene rings is 1. The predicted molar refractivity (Wildman–Crippen MR) is 90.1 cm³/mol. The van der Waals surface area contributed by atoms with Crippen molar-refractivity contribution in [2.75, 3.05) is 19.6 Å². The van der Waals surface area contributed by atoms with Crippen LogP contribution >= 0.6 is 23.2 Å². The van der Waals surface area contributed by atoms with Crippen LogP contribution in [0, 0.1) is 5.92 Å². The summed E-state index contributed by atoms with van der Waals surface area (Å²) in [5.41, 5.74) is 0.741. The Bertz CT molecular complexity index is 444. The molecule has 21 heavy (non-hydrogen) atoms. The van der Waals surface area contributed by atoms with E-state index in [9.17, 15) is 5.11 Å². The zero-order valence-electron chi connectivity index (χ0n) is 12.7. The number of nitrogens with zero attached hydrogens (tertiary/aromatic N) is 1. The Hall–Kier alpha value is -0.280. The molecule has 1 aromatic carbocycles. The summed E-state index contributed by atoms with van der Waals surface area (Å²) in [7, 11) is 0. The molecule has 0 bridgehead atoms. The van der Waals surface area contributed by atoms with Gasteiger partial charge >= 0.3 is 0 Å². The Kier molecular flexibility index (Phi) is 6.81. The van der Waals surface area contributed by atoms with Gasteiger partial charge < -0.3 is 10.0 Å². The highest BCUT2D eigenvalue weighted by atomic mass is 35.5.